The molecule has 2 aromatic heterocycles. The van der Waals surface area contributed by atoms with Crippen molar-refractivity contribution in [1.29, 1.82) is 0 Å². The van der Waals surface area contributed by atoms with Crippen LogP contribution < -0.4 is 9.13 Å². The van der Waals surface area contributed by atoms with Crippen LogP contribution in [-0.2, 0) is 14.1 Å². The third-order valence-corrected chi connectivity index (χ3v) is 6.74. The van der Waals surface area contributed by atoms with E-state index in [-0.39, 0.29) is 0 Å². The molecule has 2 aromatic carbocycles. The van der Waals surface area contributed by atoms with Gasteiger partial charge in [0.15, 0.2) is 6.20 Å². The number of aromatic nitrogens is 3. The van der Waals surface area contributed by atoms with Crippen LogP contribution in [0.4, 0.5) is 0 Å². The summed E-state index contributed by atoms with van der Waals surface area (Å²) in [5.41, 5.74) is 10.4. The summed E-state index contributed by atoms with van der Waals surface area (Å²) >= 11 is 0. The van der Waals surface area contributed by atoms with Crippen LogP contribution in [0.2, 0.25) is 0 Å². The molecule has 33 heavy (non-hydrogen) atoms. The van der Waals surface area contributed by atoms with Crippen LogP contribution in [0.15, 0.2) is 67.1 Å². The summed E-state index contributed by atoms with van der Waals surface area (Å²) < 4.78 is 6.87. The third kappa shape index (κ3) is 4.13. The Hall–Kier alpha value is -3.20. The summed E-state index contributed by atoms with van der Waals surface area (Å²) in [5.74, 6) is 2.09. The van der Waals surface area contributed by atoms with Crippen molar-refractivity contribution in [3.63, 3.8) is 0 Å². The van der Waals surface area contributed by atoms with E-state index in [2.05, 4.69) is 136 Å². The minimum atomic E-state index is 0.443. The Labute approximate surface area is 199 Å². The van der Waals surface area contributed by atoms with Crippen molar-refractivity contribution in [3.8, 4) is 28.3 Å². The van der Waals surface area contributed by atoms with Gasteiger partial charge in [0, 0.05) is 28.8 Å². The molecular weight excluding hydrogens is 402 g/mol. The van der Waals surface area contributed by atoms with Gasteiger partial charge in [-0.15, -0.1) is 0 Å². The molecule has 4 aromatic rings. The second-order valence-corrected chi connectivity index (χ2v) is 9.88. The number of aryl methyl sites for hydroxylation is 3. The second kappa shape index (κ2) is 8.97. The third-order valence-electron chi connectivity index (χ3n) is 6.74. The molecule has 0 radical (unpaired) electrons. The molecule has 0 atom stereocenters. The zero-order chi connectivity index (χ0) is 23.9. The van der Waals surface area contributed by atoms with E-state index in [4.69, 9.17) is 0 Å². The average molecular weight is 440 g/mol. The van der Waals surface area contributed by atoms with Gasteiger partial charge in [0.05, 0.1) is 12.6 Å². The Bertz CT molecular complexity index is 1280. The molecule has 0 aliphatic heterocycles. The molecule has 0 fully saturated rings. The first-order chi connectivity index (χ1) is 15.7. The molecule has 0 N–H and O–H groups in total. The molecule has 2 heterocycles. The Morgan fingerprint density at radius 3 is 1.97 bits per heavy atom. The number of hydrogen-bond acceptors (Lipinski definition) is 0. The van der Waals surface area contributed by atoms with E-state index in [1.807, 2.05) is 0 Å². The van der Waals surface area contributed by atoms with E-state index < -0.39 is 0 Å². The largest absolute Gasteiger partial charge is 0.294 e. The minimum absolute atomic E-state index is 0.443. The highest BCUT2D eigenvalue weighted by atomic mass is 15.1. The van der Waals surface area contributed by atoms with Crippen LogP contribution in [0.25, 0.3) is 28.3 Å². The van der Waals surface area contributed by atoms with Crippen LogP contribution in [0.3, 0.4) is 0 Å². The fourth-order valence-electron chi connectivity index (χ4n) is 4.87. The molecule has 0 aliphatic rings. The van der Waals surface area contributed by atoms with Gasteiger partial charge in [0.25, 0.3) is 5.82 Å². The molecule has 3 nitrogen and oxygen atoms in total. The molecule has 170 valence electrons. The van der Waals surface area contributed by atoms with Gasteiger partial charge in [-0.1, -0.05) is 52.0 Å². The fourth-order valence-corrected chi connectivity index (χ4v) is 4.87. The number of para-hydroxylation sites is 1. The van der Waals surface area contributed by atoms with Crippen molar-refractivity contribution in [3.05, 3.63) is 89.4 Å². The van der Waals surface area contributed by atoms with Crippen molar-refractivity contribution >= 4 is 0 Å². The summed E-state index contributed by atoms with van der Waals surface area (Å²) in [7, 11) is 4.27. The fraction of sp³-hybridized carbons (Fsp3) is 0.333. The van der Waals surface area contributed by atoms with Crippen molar-refractivity contribution < 1.29 is 9.13 Å². The van der Waals surface area contributed by atoms with E-state index in [0.717, 1.165) is 0 Å². The Morgan fingerprint density at radius 2 is 1.33 bits per heavy atom. The van der Waals surface area contributed by atoms with Gasteiger partial charge >= 0.3 is 0 Å². The average Bonchev–Trinajstić information content (AvgIpc) is 3.16. The maximum absolute atomic E-state index is 2.41. The van der Waals surface area contributed by atoms with Crippen LogP contribution in [0.5, 0.6) is 0 Å². The topological polar surface area (TPSA) is 12.7 Å². The quantitative estimate of drug-likeness (QED) is 0.323. The zero-order valence-electron chi connectivity index (χ0n) is 21.3. The maximum atomic E-state index is 2.41. The molecule has 0 unspecified atom stereocenters. The molecule has 0 saturated carbocycles. The first-order valence-electron chi connectivity index (χ1n) is 12.0. The predicted octanol–water partition coefficient (Wildman–Crippen LogP) is 6.32. The summed E-state index contributed by atoms with van der Waals surface area (Å²) in [5, 5.41) is 0. The molecule has 4 rings (SSSR count). The lowest BCUT2D eigenvalue weighted by Crippen LogP contribution is -2.31. The Kier molecular flexibility index (Phi) is 6.25. The molecule has 0 spiro atoms. The molecule has 0 bridgehead atoms. The van der Waals surface area contributed by atoms with Crippen LogP contribution in [0, 0.1) is 13.8 Å². The van der Waals surface area contributed by atoms with Gasteiger partial charge in [-0.25, -0.2) is 9.13 Å². The molecule has 0 saturated heterocycles. The zero-order valence-corrected chi connectivity index (χ0v) is 21.3. The van der Waals surface area contributed by atoms with E-state index >= 15 is 0 Å². The lowest BCUT2D eigenvalue weighted by Gasteiger charge is -2.18. The first-order valence-corrected chi connectivity index (χ1v) is 12.0. The van der Waals surface area contributed by atoms with Gasteiger partial charge in [0.1, 0.15) is 25.1 Å². The lowest BCUT2D eigenvalue weighted by atomic mass is 9.92. The number of nitrogens with zero attached hydrogens (tertiary/aromatic N) is 3. The van der Waals surface area contributed by atoms with Gasteiger partial charge in [-0.05, 0) is 48.9 Å². The minimum Gasteiger partial charge on any atom is -0.232 e. The number of rotatable bonds is 5. The summed E-state index contributed by atoms with van der Waals surface area (Å²) in [6, 6.07) is 17.9. The van der Waals surface area contributed by atoms with Crippen molar-refractivity contribution in [2.45, 2.75) is 53.4 Å². The predicted molar refractivity (Wildman–Crippen MR) is 137 cm³/mol. The maximum Gasteiger partial charge on any atom is 0.294 e. The highest BCUT2D eigenvalue weighted by Gasteiger charge is 2.28. The Balaban J connectivity index is 2.00. The standard InChI is InChI=1S/C30H37N3/c1-20(2)24-11-9-12-25(21(3)4)29(24)33-18-17-32(8)30(33)27-14-10-13-26(23(27)6)28-19-22(5)15-16-31(28)7/h9-21H,1-8H3/q+2. The summed E-state index contributed by atoms with van der Waals surface area (Å²) in [6.45, 7) is 13.6. The van der Waals surface area contributed by atoms with E-state index in [0.29, 0.717) is 11.8 Å². The number of hydrogen-bond donors (Lipinski definition) is 0. The number of pyridine rings is 1. The lowest BCUT2D eigenvalue weighted by molar-refractivity contribution is -0.660. The van der Waals surface area contributed by atoms with Gasteiger partial charge in [-0.2, -0.15) is 4.57 Å². The summed E-state index contributed by atoms with van der Waals surface area (Å²) in [4.78, 5) is 0. The number of benzene rings is 2. The Morgan fingerprint density at radius 1 is 0.727 bits per heavy atom. The molecule has 3 heteroatoms. The van der Waals surface area contributed by atoms with Crippen LogP contribution >= 0.6 is 0 Å². The van der Waals surface area contributed by atoms with Gasteiger partial charge < -0.3 is 0 Å². The van der Waals surface area contributed by atoms with E-state index in [9.17, 15) is 0 Å². The van der Waals surface area contributed by atoms with Crippen molar-refractivity contribution in [2.24, 2.45) is 14.1 Å². The second-order valence-electron chi connectivity index (χ2n) is 9.88. The monoisotopic (exact) mass is 439 g/mol. The van der Waals surface area contributed by atoms with Gasteiger partial charge in [-0.3, -0.25) is 0 Å². The van der Waals surface area contributed by atoms with E-state index in [1.54, 1.807) is 0 Å². The van der Waals surface area contributed by atoms with Crippen molar-refractivity contribution in [2.75, 3.05) is 0 Å². The molecule has 0 aliphatic carbocycles. The SMILES string of the molecule is Cc1cc[n+](C)c(-c2cccc(-c3n(-c4c(C(C)C)cccc4C(C)C)cc[n+]3C)c2C)c1. The van der Waals surface area contributed by atoms with Crippen molar-refractivity contribution in [1.82, 2.24) is 4.57 Å². The molecule has 0 amide bonds. The van der Waals surface area contributed by atoms with Gasteiger partial charge in [0.2, 0.25) is 5.69 Å². The normalized spacial score (nSPS) is 11.6. The first kappa shape index (κ1) is 23.0. The van der Waals surface area contributed by atoms with Crippen LogP contribution in [0.1, 0.15) is 61.8 Å². The highest BCUT2D eigenvalue weighted by Crippen LogP contribution is 2.35. The highest BCUT2D eigenvalue weighted by molar-refractivity contribution is 5.73. The smallest absolute Gasteiger partial charge is 0.232 e. The van der Waals surface area contributed by atoms with Crippen LogP contribution in [-0.4, -0.2) is 4.57 Å². The summed E-state index contributed by atoms with van der Waals surface area (Å²) in [6.07, 6.45) is 6.55. The molecular formula is C30H37N3+2. The van der Waals surface area contributed by atoms with E-state index in [1.165, 1.54) is 50.6 Å². The number of imidazole rings is 1.